The molecule has 0 fully saturated rings. The van der Waals surface area contributed by atoms with Crippen LogP contribution in [0, 0.1) is 5.82 Å². The molecular formula is C22H22FN5O3S. The number of sulfonamides is 1. The lowest BCUT2D eigenvalue weighted by atomic mass is 10.0. The van der Waals surface area contributed by atoms with Crippen molar-refractivity contribution in [3.8, 4) is 11.4 Å². The van der Waals surface area contributed by atoms with Gasteiger partial charge in [-0.25, -0.2) is 12.8 Å². The summed E-state index contributed by atoms with van der Waals surface area (Å²) in [5.74, 6) is 0.655. The number of amides is 1. The maximum absolute atomic E-state index is 14.7. The third kappa shape index (κ3) is 3.86. The van der Waals surface area contributed by atoms with Crippen molar-refractivity contribution in [1.82, 2.24) is 14.8 Å². The molecule has 2 aliphatic rings. The van der Waals surface area contributed by atoms with Crippen LogP contribution in [0.1, 0.15) is 37.1 Å². The van der Waals surface area contributed by atoms with E-state index in [9.17, 15) is 17.6 Å². The van der Waals surface area contributed by atoms with E-state index in [0.717, 1.165) is 37.1 Å². The lowest BCUT2D eigenvalue weighted by Crippen LogP contribution is -2.20. The Morgan fingerprint density at radius 2 is 1.88 bits per heavy atom. The van der Waals surface area contributed by atoms with Gasteiger partial charge >= 0.3 is 0 Å². The molecule has 2 N–H and O–H groups in total. The molecule has 8 nitrogen and oxygen atoms in total. The first-order valence-electron chi connectivity index (χ1n) is 10.6. The van der Waals surface area contributed by atoms with E-state index < -0.39 is 15.8 Å². The van der Waals surface area contributed by atoms with Crippen molar-refractivity contribution < 1.29 is 17.6 Å². The Kier molecular flexibility index (Phi) is 5.16. The van der Waals surface area contributed by atoms with Crippen LogP contribution in [0.2, 0.25) is 0 Å². The Morgan fingerprint density at radius 3 is 2.75 bits per heavy atom. The number of hydrogen-bond acceptors (Lipinski definition) is 5. The molecule has 0 saturated carbocycles. The van der Waals surface area contributed by atoms with E-state index >= 15 is 0 Å². The molecule has 3 aromatic rings. The SMILES string of the molecule is O=C1CCc2cc(S(=O)(=O)Nc3ccc(F)c(-c4nnc5n4CCCCC5)c3)ccc2N1. The minimum absolute atomic E-state index is 0.0784. The lowest BCUT2D eigenvalue weighted by molar-refractivity contribution is -0.116. The van der Waals surface area contributed by atoms with Crippen molar-refractivity contribution >= 4 is 27.3 Å². The number of nitrogens with one attached hydrogen (secondary N) is 2. The zero-order chi connectivity index (χ0) is 22.3. The molecule has 1 aromatic heterocycles. The summed E-state index contributed by atoms with van der Waals surface area (Å²) in [6, 6.07) is 8.65. The van der Waals surface area contributed by atoms with E-state index in [1.807, 2.05) is 4.57 Å². The third-order valence-electron chi connectivity index (χ3n) is 5.85. The lowest BCUT2D eigenvalue weighted by Gasteiger charge is -2.18. The van der Waals surface area contributed by atoms with Gasteiger partial charge in [-0.1, -0.05) is 6.42 Å². The fourth-order valence-corrected chi connectivity index (χ4v) is 5.29. The minimum Gasteiger partial charge on any atom is -0.326 e. The molecule has 0 unspecified atom stereocenters. The summed E-state index contributed by atoms with van der Waals surface area (Å²) < 4.78 is 45.1. The molecule has 1 amide bonds. The maximum atomic E-state index is 14.7. The number of aromatic nitrogens is 3. The first-order chi connectivity index (χ1) is 15.4. The number of aryl methyl sites for hydroxylation is 2. The highest BCUT2D eigenvalue weighted by molar-refractivity contribution is 7.92. The van der Waals surface area contributed by atoms with Gasteiger partial charge in [0, 0.05) is 30.8 Å². The molecule has 0 spiro atoms. The molecule has 5 rings (SSSR count). The van der Waals surface area contributed by atoms with Crippen molar-refractivity contribution in [2.45, 2.75) is 50.0 Å². The molecule has 0 bridgehead atoms. The number of rotatable bonds is 4. The van der Waals surface area contributed by atoms with Gasteiger partial charge in [0.1, 0.15) is 11.6 Å². The highest BCUT2D eigenvalue weighted by atomic mass is 32.2. The second-order valence-electron chi connectivity index (χ2n) is 8.07. The molecular weight excluding hydrogens is 433 g/mol. The largest absolute Gasteiger partial charge is 0.326 e. The number of halogens is 1. The smallest absolute Gasteiger partial charge is 0.261 e. The van der Waals surface area contributed by atoms with Gasteiger partial charge in [0.2, 0.25) is 5.91 Å². The van der Waals surface area contributed by atoms with Crippen LogP contribution in [-0.4, -0.2) is 29.1 Å². The van der Waals surface area contributed by atoms with Crippen molar-refractivity contribution in [2.75, 3.05) is 10.0 Å². The van der Waals surface area contributed by atoms with E-state index in [-0.39, 0.29) is 22.1 Å². The Balaban J connectivity index is 1.46. The third-order valence-corrected chi connectivity index (χ3v) is 7.23. The summed E-state index contributed by atoms with van der Waals surface area (Å²) in [4.78, 5) is 11.6. The Hall–Kier alpha value is -3.27. The summed E-state index contributed by atoms with van der Waals surface area (Å²) >= 11 is 0. The van der Waals surface area contributed by atoms with Crippen LogP contribution in [0.25, 0.3) is 11.4 Å². The van der Waals surface area contributed by atoms with Crippen molar-refractivity contribution in [2.24, 2.45) is 0 Å². The van der Waals surface area contributed by atoms with Gasteiger partial charge in [-0.3, -0.25) is 9.52 Å². The quantitative estimate of drug-likeness (QED) is 0.626. The second-order valence-corrected chi connectivity index (χ2v) is 9.75. The number of anilines is 2. The first-order valence-corrected chi connectivity index (χ1v) is 12.1. The number of carbonyl (C=O) groups is 1. The predicted octanol–water partition coefficient (Wildman–Crippen LogP) is 3.50. The fourth-order valence-electron chi connectivity index (χ4n) is 4.19. The molecule has 2 aromatic carbocycles. The van der Waals surface area contributed by atoms with Gasteiger partial charge in [0.15, 0.2) is 5.82 Å². The highest BCUT2D eigenvalue weighted by Gasteiger charge is 2.22. The van der Waals surface area contributed by atoms with Gasteiger partial charge in [-0.15, -0.1) is 10.2 Å². The predicted molar refractivity (Wildman–Crippen MR) is 117 cm³/mol. The minimum atomic E-state index is -3.91. The summed E-state index contributed by atoms with van der Waals surface area (Å²) in [7, 11) is -3.91. The molecule has 32 heavy (non-hydrogen) atoms. The molecule has 3 heterocycles. The van der Waals surface area contributed by atoms with Crippen molar-refractivity contribution in [1.29, 1.82) is 0 Å². The maximum Gasteiger partial charge on any atom is 0.261 e. The standard InChI is InChI=1S/C22H22FN5O3S/c23-18-8-6-15(13-17(18)22-26-25-20-4-2-1-3-11-28(20)22)27-32(30,31)16-7-9-19-14(12-16)5-10-21(29)24-19/h6-9,12-13,27H,1-5,10-11H2,(H,24,29). The fraction of sp³-hybridized carbons (Fsp3) is 0.318. The number of carbonyl (C=O) groups excluding carboxylic acids is 1. The average Bonchev–Trinajstić information content (AvgIpc) is 3.02. The van der Waals surface area contributed by atoms with Crippen LogP contribution in [-0.2, 0) is 34.2 Å². The zero-order valence-electron chi connectivity index (χ0n) is 17.3. The van der Waals surface area contributed by atoms with Gasteiger partial charge in [-0.05, 0) is 61.2 Å². The van der Waals surface area contributed by atoms with Gasteiger partial charge in [0.25, 0.3) is 10.0 Å². The van der Waals surface area contributed by atoms with Crippen LogP contribution in [0.4, 0.5) is 15.8 Å². The molecule has 0 atom stereocenters. The Bertz CT molecular complexity index is 1320. The van der Waals surface area contributed by atoms with E-state index in [2.05, 4.69) is 20.2 Å². The van der Waals surface area contributed by atoms with E-state index in [0.29, 0.717) is 30.9 Å². The topological polar surface area (TPSA) is 106 Å². The van der Waals surface area contributed by atoms with Gasteiger partial charge in [0.05, 0.1) is 10.5 Å². The second kappa shape index (κ2) is 8.01. The van der Waals surface area contributed by atoms with E-state index in [1.54, 1.807) is 12.1 Å². The molecule has 2 aliphatic heterocycles. The van der Waals surface area contributed by atoms with Crippen LogP contribution in [0.5, 0.6) is 0 Å². The van der Waals surface area contributed by atoms with E-state index in [4.69, 9.17) is 0 Å². The monoisotopic (exact) mass is 455 g/mol. The summed E-state index contributed by atoms with van der Waals surface area (Å²) in [6.07, 6.45) is 4.64. The highest BCUT2D eigenvalue weighted by Crippen LogP contribution is 2.30. The summed E-state index contributed by atoms with van der Waals surface area (Å²) in [6.45, 7) is 0.707. The first kappa shape index (κ1) is 20.6. The Morgan fingerprint density at radius 1 is 1.00 bits per heavy atom. The van der Waals surface area contributed by atoms with Crippen molar-refractivity contribution in [3.63, 3.8) is 0 Å². The number of fused-ring (bicyclic) bond motifs is 2. The molecule has 0 saturated heterocycles. The molecule has 166 valence electrons. The number of hydrogen-bond donors (Lipinski definition) is 2. The summed E-state index contributed by atoms with van der Waals surface area (Å²) in [5, 5.41) is 11.1. The number of nitrogens with zero attached hydrogens (tertiary/aromatic N) is 3. The molecule has 10 heteroatoms. The average molecular weight is 456 g/mol. The molecule has 0 radical (unpaired) electrons. The van der Waals surface area contributed by atoms with E-state index in [1.165, 1.54) is 24.3 Å². The summed E-state index contributed by atoms with van der Waals surface area (Å²) in [5.41, 5.74) is 1.83. The normalized spacial score (nSPS) is 16.0. The number of benzene rings is 2. The zero-order valence-corrected chi connectivity index (χ0v) is 18.1. The van der Waals surface area contributed by atoms with Crippen LogP contribution >= 0.6 is 0 Å². The van der Waals surface area contributed by atoms with Crippen LogP contribution in [0.3, 0.4) is 0 Å². The Labute approximate surface area is 184 Å². The van der Waals surface area contributed by atoms with Crippen molar-refractivity contribution in [3.05, 3.63) is 53.6 Å². The van der Waals surface area contributed by atoms with Gasteiger partial charge in [-0.2, -0.15) is 0 Å². The van der Waals surface area contributed by atoms with Crippen LogP contribution in [0.15, 0.2) is 41.3 Å². The molecule has 0 aliphatic carbocycles. The van der Waals surface area contributed by atoms with Crippen LogP contribution < -0.4 is 10.0 Å². The van der Waals surface area contributed by atoms with Gasteiger partial charge < -0.3 is 9.88 Å².